The third-order valence-corrected chi connectivity index (χ3v) is 6.22. The maximum Gasteiger partial charge on any atom is 0.277 e. The average molecular weight is 460 g/mol. The van der Waals surface area contributed by atoms with Gasteiger partial charge in [-0.05, 0) is 62.1 Å². The molecule has 0 radical (unpaired) electrons. The number of benzene rings is 2. The van der Waals surface area contributed by atoms with Gasteiger partial charge in [-0.3, -0.25) is 14.4 Å². The SMILES string of the molecule is Cc1ccc(Cl)cc1C1c2c(C(C)C)nn(C(C)C)c2C(=O)N1c1cccc(Cl)c1F. The summed E-state index contributed by atoms with van der Waals surface area (Å²) in [6.07, 6.45) is 0. The lowest BCUT2D eigenvalue weighted by molar-refractivity contribution is 0.0981. The normalized spacial score (nSPS) is 16.0. The van der Waals surface area contributed by atoms with Crippen molar-refractivity contribution in [3.8, 4) is 0 Å². The van der Waals surface area contributed by atoms with Crippen molar-refractivity contribution in [2.45, 2.75) is 52.6 Å². The maximum absolute atomic E-state index is 15.2. The first-order valence-corrected chi connectivity index (χ1v) is 11.0. The van der Waals surface area contributed by atoms with Crippen molar-refractivity contribution in [3.05, 3.63) is 80.3 Å². The summed E-state index contributed by atoms with van der Waals surface area (Å²) in [6.45, 7) is 10.0. The van der Waals surface area contributed by atoms with Crippen molar-refractivity contribution in [2.24, 2.45) is 0 Å². The number of amides is 1. The van der Waals surface area contributed by atoms with Crippen molar-refractivity contribution >= 4 is 34.8 Å². The van der Waals surface area contributed by atoms with Crippen LogP contribution in [0.25, 0.3) is 0 Å². The predicted molar refractivity (Wildman–Crippen MR) is 123 cm³/mol. The lowest BCUT2D eigenvalue weighted by Crippen LogP contribution is -2.32. The number of nitrogens with zero attached hydrogens (tertiary/aromatic N) is 3. The van der Waals surface area contributed by atoms with Crippen LogP contribution in [0.4, 0.5) is 10.1 Å². The average Bonchev–Trinajstić information content (AvgIpc) is 3.23. The van der Waals surface area contributed by atoms with Gasteiger partial charge in [0.15, 0.2) is 5.82 Å². The van der Waals surface area contributed by atoms with Gasteiger partial charge in [0.05, 0.1) is 22.4 Å². The fourth-order valence-corrected chi connectivity index (χ4v) is 4.59. The number of halogens is 3. The largest absolute Gasteiger partial charge is 0.292 e. The second-order valence-electron chi connectivity index (χ2n) is 8.49. The van der Waals surface area contributed by atoms with Gasteiger partial charge in [0.25, 0.3) is 5.91 Å². The molecule has 1 amide bonds. The molecule has 0 fully saturated rings. The molecule has 1 aromatic heterocycles. The number of hydrogen-bond acceptors (Lipinski definition) is 2. The summed E-state index contributed by atoms with van der Waals surface area (Å²) >= 11 is 12.4. The van der Waals surface area contributed by atoms with Gasteiger partial charge in [0.1, 0.15) is 5.69 Å². The van der Waals surface area contributed by atoms with Gasteiger partial charge in [-0.25, -0.2) is 4.39 Å². The monoisotopic (exact) mass is 459 g/mol. The van der Waals surface area contributed by atoms with E-state index >= 15 is 4.39 Å². The van der Waals surface area contributed by atoms with Gasteiger partial charge < -0.3 is 0 Å². The molecule has 4 nitrogen and oxygen atoms in total. The lowest BCUT2D eigenvalue weighted by atomic mass is 9.92. The molecule has 1 atom stereocenters. The van der Waals surface area contributed by atoms with Gasteiger partial charge in [-0.1, -0.05) is 49.2 Å². The minimum atomic E-state index is -0.623. The van der Waals surface area contributed by atoms with Crippen LogP contribution in [0.1, 0.15) is 78.6 Å². The topological polar surface area (TPSA) is 38.1 Å². The van der Waals surface area contributed by atoms with Gasteiger partial charge >= 0.3 is 0 Å². The molecule has 0 N–H and O–H groups in total. The molecule has 0 aliphatic carbocycles. The Morgan fingerprint density at radius 3 is 2.45 bits per heavy atom. The summed E-state index contributed by atoms with van der Waals surface area (Å²) in [7, 11) is 0. The number of rotatable bonds is 4. The fraction of sp³-hybridized carbons (Fsp3) is 0.333. The van der Waals surface area contributed by atoms with Crippen molar-refractivity contribution in [1.82, 2.24) is 9.78 Å². The maximum atomic E-state index is 15.2. The van der Waals surface area contributed by atoms with Gasteiger partial charge in [-0.15, -0.1) is 0 Å². The van der Waals surface area contributed by atoms with Crippen LogP contribution in [0.3, 0.4) is 0 Å². The van der Waals surface area contributed by atoms with Gasteiger partial charge in [0, 0.05) is 16.6 Å². The molecule has 2 heterocycles. The van der Waals surface area contributed by atoms with E-state index in [1.54, 1.807) is 16.8 Å². The van der Waals surface area contributed by atoms with E-state index in [0.717, 1.165) is 22.4 Å². The molecule has 7 heteroatoms. The molecule has 0 bridgehead atoms. The number of carbonyl (C=O) groups excluding carboxylic acids is 1. The molecule has 3 aromatic rings. The van der Waals surface area contributed by atoms with Crippen LogP contribution >= 0.6 is 23.2 Å². The Balaban J connectivity index is 2.08. The standard InChI is InChI=1S/C24H24Cl2FN3O/c1-12(2)21-19-22(16-11-15(25)10-9-14(16)5)29(18-8-6-7-17(26)20(18)27)24(31)23(19)30(28-21)13(3)4/h6-13,22H,1-5H3. The number of fused-ring (bicyclic) bond motifs is 1. The zero-order chi connectivity index (χ0) is 22.6. The first-order chi connectivity index (χ1) is 14.6. The van der Waals surface area contributed by atoms with Crippen molar-refractivity contribution in [3.63, 3.8) is 0 Å². The second-order valence-corrected chi connectivity index (χ2v) is 9.34. The fourth-order valence-electron chi connectivity index (χ4n) is 4.24. The highest BCUT2D eigenvalue weighted by Gasteiger charge is 2.46. The quantitative estimate of drug-likeness (QED) is 0.417. The molecule has 1 aliphatic rings. The minimum absolute atomic E-state index is 0.0302. The van der Waals surface area contributed by atoms with E-state index in [1.165, 1.54) is 11.0 Å². The first-order valence-electron chi connectivity index (χ1n) is 10.3. The Labute approximate surface area is 191 Å². The van der Waals surface area contributed by atoms with E-state index in [2.05, 4.69) is 0 Å². The third-order valence-electron chi connectivity index (χ3n) is 5.69. The van der Waals surface area contributed by atoms with Crippen LogP contribution in [0, 0.1) is 12.7 Å². The van der Waals surface area contributed by atoms with E-state index in [-0.39, 0.29) is 28.6 Å². The number of hydrogen-bond donors (Lipinski definition) is 0. The summed E-state index contributed by atoms with van der Waals surface area (Å²) in [4.78, 5) is 15.3. The molecule has 0 spiro atoms. The molecule has 0 saturated heterocycles. The molecule has 2 aromatic carbocycles. The van der Waals surface area contributed by atoms with E-state index in [1.807, 2.05) is 52.8 Å². The Bertz CT molecular complexity index is 1190. The second kappa shape index (κ2) is 7.95. The Hall–Kier alpha value is -2.37. The van der Waals surface area contributed by atoms with Crippen LogP contribution in [0.15, 0.2) is 36.4 Å². The molecular weight excluding hydrogens is 436 g/mol. The van der Waals surface area contributed by atoms with Crippen LogP contribution in [0.2, 0.25) is 10.0 Å². The van der Waals surface area contributed by atoms with Gasteiger partial charge in [0.2, 0.25) is 0 Å². The first kappa shape index (κ1) is 21.8. The zero-order valence-electron chi connectivity index (χ0n) is 18.1. The Morgan fingerprint density at radius 2 is 1.81 bits per heavy atom. The Kier molecular flexibility index (Phi) is 5.61. The summed E-state index contributed by atoms with van der Waals surface area (Å²) < 4.78 is 16.9. The van der Waals surface area contributed by atoms with Gasteiger partial charge in [-0.2, -0.15) is 5.10 Å². The van der Waals surface area contributed by atoms with E-state index in [4.69, 9.17) is 28.3 Å². The highest BCUT2D eigenvalue weighted by molar-refractivity contribution is 6.31. The van der Waals surface area contributed by atoms with E-state index in [0.29, 0.717) is 10.7 Å². The summed E-state index contributed by atoms with van der Waals surface area (Å²) in [5, 5.41) is 5.31. The van der Waals surface area contributed by atoms with Crippen molar-refractivity contribution in [2.75, 3.05) is 4.90 Å². The molecule has 31 heavy (non-hydrogen) atoms. The highest BCUT2D eigenvalue weighted by Crippen LogP contribution is 2.47. The smallest absolute Gasteiger partial charge is 0.277 e. The lowest BCUT2D eigenvalue weighted by Gasteiger charge is -2.28. The van der Waals surface area contributed by atoms with Crippen molar-refractivity contribution in [1.29, 1.82) is 0 Å². The van der Waals surface area contributed by atoms with Crippen LogP contribution < -0.4 is 4.90 Å². The minimum Gasteiger partial charge on any atom is -0.292 e. The van der Waals surface area contributed by atoms with Crippen LogP contribution in [0.5, 0.6) is 0 Å². The summed E-state index contributed by atoms with van der Waals surface area (Å²) in [6, 6.07) is 9.68. The molecule has 1 unspecified atom stereocenters. The van der Waals surface area contributed by atoms with E-state index in [9.17, 15) is 4.79 Å². The zero-order valence-corrected chi connectivity index (χ0v) is 19.6. The number of aromatic nitrogens is 2. The molecule has 162 valence electrons. The third kappa shape index (κ3) is 3.44. The molecule has 0 saturated carbocycles. The number of carbonyl (C=O) groups is 1. The van der Waals surface area contributed by atoms with Crippen LogP contribution in [-0.4, -0.2) is 15.7 Å². The molecular formula is C24H24Cl2FN3O. The summed E-state index contributed by atoms with van der Waals surface area (Å²) in [5.41, 5.74) is 4.05. The number of anilines is 1. The summed E-state index contributed by atoms with van der Waals surface area (Å²) in [5.74, 6) is -0.844. The predicted octanol–water partition coefficient (Wildman–Crippen LogP) is 7.09. The van der Waals surface area contributed by atoms with Crippen LogP contribution in [-0.2, 0) is 0 Å². The number of aryl methyl sites for hydroxylation is 1. The van der Waals surface area contributed by atoms with E-state index < -0.39 is 11.9 Å². The molecule has 4 rings (SSSR count). The Morgan fingerprint density at radius 1 is 1.10 bits per heavy atom. The molecule has 1 aliphatic heterocycles. The van der Waals surface area contributed by atoms with Crippen molar-refractivity contribution < 1.29 is 9.18 Å². The highest BCUT2D eigenvalue weighted by atomic mass is 35.5.